The van der Waals surface area contributed by atoms with E-state index in [1.807, 2.05) is 32.9 Å². The molecule has 0 aliphatic carbocycles. The molecule has 24 heavy (non-hydrogen) atoms. The van der Waals surface area contributed by atoms with Gasteiger partial charge in [-0.1, -0.05) is 25.6 Å². The lowest BCUT2D eigenvalue weighted by Gasteiger charge is -2.20. The molecule has 128 valence electrons. The van der Waals surface area contributed by atoms with Gasteiger partial charge in [-0.3, -0.25) is 4.79 Å². The summed E-state index contributed by atoms with van der Waals surface area (Å²) in [6.07, 6.45) is 0.671. The fourth-order valence-corrected chi connectivity index (χ4v) is 2.13. The molecule has 0 fully saturated rings. The number of carbonyl (C=O) groups excluding carboxylic acids is 1. The average Bonchev–Trinajstić information content (AvgIpc) is 3.05. The Labute approximate surface area is 142 Å². The summed E-state index contributed by atoms with van der Waals surface area (Å²) >= 11 is 0. The van der Waals surface area contributed by atoms with E-state index >= 15 is 0 Å². The Morgan fingerprint density at radius 2 is 1.96 bits per heavy atom. The molecule has 0 saturated carbocycles. The van der Waals surface area contributed by atoms with Gasteiger partial charge in [0.15, 0.2) is 0 Å². The zero-order valence-corrected chi connectivity index (χ0v) is 14.4. The van der Waals surface area contributed by atoms with Gasteiger partial charge in [-0.15, -0.1) is 10.2 Å². The molecule has 1 aromatic heterocycles. The molecule has 0 N–H and O–H groups in total. The summed E-state index contributed by atoms with van der Waals surface area (Å²) in [6.45, 7) is 10.7. The van der Waals surface area contributed by atoms with Gasteiger partial charge in [0.1, 0.15) is 12.4 Å². The summed E-state index contributed by atoms with van der Waals surface area (Å²) in [5.41, 5.74) is 1.40. The first-order chi connectivity index (χ1) is 11.5. The van der Waals surface area contributed by atoms with E-state index in [0.717, 1.165) is 5.57 Å². The monoisotopic (exact) mass is 329 g/mol. The zero-order valence-electron chi connectivity index (χ0n) is 14.4. The first-order valence-electron chi connectivity index (χ1n) is 8.01. The molecule has 6 heteroatoms. The van der Waals surface area contributed by atoms with Crippen molar-refractivity contribution in [3.05, 3.63) is 53.8 Å². The number of rotatable bonds is 8. The third kappa shape index (κ3) is 4.44. The molecule has 2 aromatic rings. The minimum atomic E-state index is -0.133. The van der Waals surface area contributed by atoms with Gasteiger partial charge >= 0.3 is 0 Å². The average molecular weight is 329 g/mol. The highest BCUT2D eigenvalue weighted by molar-refractivity contribution is 5.96. The van der Waals surface area contributed by atoms with Crippen molar-refractivity contribution in [2.45, 2.75) is 33.7 Å². The highest BCUT2D eigenvalue weighted by Crippen LogP contribution is 2.21. The fourth-order valence-electron chi connectivity index (χ4n) is 2.13. The molecule has 0 aliphatic heterocycles. The first-order valence-corrected chi connectivity index (χ1v) is 8.01. The van der Waals surface area contributed by atoms with Crippen molar-refractivity contribution in [2.24, 2.45) is 0 Å². The smallest absolute Gasteiger partial charge is 0.258 e. The number of para-hydroxylation sites is 1. The second kappa shape index (κ2) is 8.29. The quantitative estimate of drug-likeness (QED) is 0.695. The van der Waals surface area contributed by atoms with Crippen LogP contribution >= 0.6 is 0 Å². The number of aryl methyl sites for hydroxylation is 1. The number of carbonyl (C=O) groups is 1. The predicted molar refractivity (Wildman–Crippen MR) is 90.8 cm³/mol. The Morgan fingerprint density at radius 3 is 2.58 bits per heavy atom. The molecular formula is C18H23N3O3. The standard InChI is InChI=1S/C18H23N3O3/c1-5-16-19-20-17(24-16)11-21(6-2)18(22)14-9-7-8-10-15(14)23-12-13(3)4/h7-10H,3,5-6,11-12H2,1-2,4H3. The van der Waals surface area contributed by atoms with E-state index < -0.39 is 0 Å². The van der Waals surface area contributed by atoms with E-state index in [0.29, 0.717) is 42.7 Å². The van der Waals surface area contributed by atoms with Crippen molar-refractivity contribution in [2.75, 3.05) is 13.2 Å². The highest BCUT2D eigenvalue weighted by atomic mass is 16.5. The van der Waals surface area contributed by atoms with Gasteiger partial charge in [0.05, 0.1) is 12.1 Å². The van der Waals surface area contributed by atoms with Gasteiger partial charge in [-0.2, -0.15) is 0 Å². The predicted octanol–water partition coefficient (Wildman–Crippen LogP) is 3.25. The van der Waals surface area contributed by atoms with Gasteiger partial charge in [-0.25, -0.2) is 0 Å². The van der Waals surface area contributed by atoms with Crippen molar-refractivity contribution in [3.8, 4) is 5.75 Å². The Bertz CT molecular complexity index is 709. The van der Waals surface area contributed by atoms with Gasteiger partial charge < -0.3 is 14.1 Å². The molecule has 0 atom stereocenters. The normalized spacial score (nSPS) is 10.5. The zero-order chi connectivity index (χ0) is 17.5. The van der Waals surface area contributed by atoms with E-state index in [-0.39, 0.29) is 12.5 Å². The number of nitrogens with zero attached hydrogens (tertiary/aromatic N) is 3. The highest BCUT2D eigenvalue weighted by Gasteiger charge is 2.20. The van der Waals surface area contributed by atoms with E-state index in [9.17, 15) is 4.79 Å². The largest absolute Gasteiger partial charge is 0.488 e. The molecule has 0 radical (unpaired) electrons. The number of amides is 1. The molecular weight excluding hydrogens is 306 g/mol. The SMILES string of the molecule is C=C(C)COc1ccccc1C(=O)N(CC)Cc1nnc(CC)o1. The van der Waals surface area contributed by atoms with Crippen LogP contribution in [0.15, 0.2) is 40.8 Å². The third-order valence-electron chi connectivity index (χ3n) is 3.40. The number of hydrogen-bond donors (Lipinski definition) is 0. The molecule has 0 saturated heterocycles. The summed E-state index contributed by atoms with van der Waals surface area (Å²) < 4.78 is 11.2. The Hall–Kier alpha value is -2.63. The minimum absolute atomic E-state index is 0.133. The van der Waals surface area contributed by atoms with Crippen LogP contribution in [0.2, 0.25) is 0 Å². The van der Waals surface area contributed by atoms with Crippen LogP contribution in [-0.2, 0) is 13.0 Å². The van der Waals surface area contributed by atoms with Crippen LogP contribution in [0.3, 0.4) is 0 Å². The molecule has 6 nitrogen and oxygen atoms in total. The van der Waals surface area contributed by atoms with Crippen LogP contribution in [0.1, 0.15) is 42.9 Å². The van der Waals surface area contributed by atoms with E-state index in [1.54, 1.807) is 17.0 Å². The maximum absolute atomic E-state index is 12.9. The van der Waals surface area contributed by atoms with Crippen LogP contribution in [0.5, 0.6) is 5.75 Å². The lowest BCUT2D eigenvalue weighted by atomic mass is 10.1. The molecule has 0 bridgehead atoms. The topological polar surface area (TPSA) is 68.5 Å². The molecule has 1 aromatic carbocycles. The summed E-state index contributed by atoms with van der Waals surface area (Å²) in [5.74, 6) is 1.41. The van der Waals surface area contributed by atoms with Crippen LogP contribution in [0, 0.1) is 0 Å². The number of benzene rings is 1. The van der Waals surface area contributed by atoms with Crippen LogP contribution in [-0.4, -0.2) is 34.2 Å². The minimum Gasteiger partial charge on any atom is -0.488 e. The van der Waals surface area contributed by atoms with Crippen molar-refractivity contribution >= 4 is 5.91 Å². The molecule has 0 aliphatic rings. The molecule has 0 unspecified atom stereocenters. The molecule has 1 amide bonds. The van der Waals surface area contributed by atoms with Crippen molar-refractivity contribution in [1.82, 2.24) is 15.1 Å². The van der Waals surface area contributed by atoms with Gasteiger partial charge in [0, 0.05) is 13.0 Å². The lowest BCUT2D eigenvalue weighted by Crippen LogP contribution is -2.30. The van der Waals surface area contributed by atoms with Crippen LogP contribution in [0.4, 0.5) is 0 Å². The number of hydrogen-bond acceptors (Lipinski definition) is 5. The fraction of sp³-hybridized carbons (Fsp3) is 0.389. The maximum atomic E-state index is 12.9. The Morgan fingerprint density at radius 1 is 1.25 bits per heavy atom. The van der Waals surface area contributed by atoms with Gasteiger partial charge in [0.2, 0.25) is 11.8 Å². The summed E-state index contributed by atoms with van der Waals surface area (Å²) in [4.78, 5) is 14.5. The Balaban J connectivity index is 2.17. The van der Waals surface area contributed by atoms with Gasteiger partial charge in [0.25, 0.3) is 5.91 Å². The molecule has 0 spiro atoms. The number of aromatic nitrogens is 2. The lowest BCUT2D eigenvalue weighted by molar-refractivity contribution is 0.0733. The second-order valence-electron chi connectivity index (χ2n) is 5.50. The molecule has 1 heterocycles. The van der Waals surface area contributed by atoms with Crippen LogP contribution in [0.25, 0.3) is 0 Å². The summed E-state index contributed by atoms with van der Waals surface area (Å²) in [5, 5.41) is 7.91. The summed E-state index contributed by atoms with van der Waals surface area (Å²) in [7, 11) is 0. The van der Waals surface area contributed by atoms with E-state index in [2.05, 4.69) is 16.8 Å². The maximum Gasteiger partial charge on any atom is 0.258 e. The van der Waals surface area contributed by atoms with Crippen molar-refractivity contribution < 1.29 is 13.9 Å². The Kier molecular flexibility index (Phi) is 6.12. The third-order valence-corrected chi connectivity index (χ3v) is 3.40. The van der Waals surface area contributed by atoms with E-state index in [4.69, 9.17) is 9.15 Å². The van der Waals surface area contributed by atoms with Crippen LogP contribution < -0.4 is 4.74 Å². The van der Waals surface area contributed by atoms with Crippen molar-refractivity contribution in [3.63, 3.8) is 0 Å². The first kappa shape index (κ1) is 17.7. The second-order valence-corrected chi connectivity index (χ2v) is 5.50. The van der Waals surface area contributed by atoms with E-state index in [1.165, 1.54) is 0 Å². The van der Waals surface area contributed by atoms with Gasteiger partial charge in [-0.05, 0) is 31.6 Å². The van der Waals surface area contributed by atoms with Crippen molar-refractivity contribution in [1.29, 1.82) is 0 Å². The summed E-state index contributed by atoms with van der Waals surface area (Å²) in [6, 6.07) is 7.19. The molecule has 2 rings (SSSR count). The number of ether oxygens (including phenoxy) is 1.